The predicted octanol–water partition coefficient (Wildman–Crippen LogP) is 3.65. The van der Waals surface area contributed by atoms with E-state index in [1.54, 1.807) is 13.0 Å². The third-order valence-electron chi connectivity index (χ3n) is 3.34. The normalized spacial score (nSPS) is 15.8. The molecule has 0 aliphatic carbocycles. The fraction of sp³-hybridized carbons (Fsp3) is 0.500. The van der Waals surface area contributed by atoms with Crippen LogP contribution < -0.4 is 10.2 Å². The van der Waals surface area contributed by atoms with Crippen LogP contribution in [0, 0.1) is 0 Å². The molecule has 1 aliphatic rings. The van der Waals surface area contributed by atoms with Gasteiger partial charge in [-0.05, 0) is 28.1 Å². The lowest BCUT2D eigenvalue weighted by atomic mass is 10.1. The van der Waals surface area contributed by atoms with Crippen LogP contribution in [-0.4, -0.2) is 32.2 Å². The minimum atomic E-state index is -4.55. The number of anilines is 2. The lowest BCUT2D eigenvalue weighted by molar-refractivity contribution is -0.137. The lowest BCUT2D eigenvalue weighted by Crippen LogP contribution is -2.36. The monoisotopic (exact) mass is 380 g/mol. The first kappa shape index (κ1) is 17.1. The van der Waals surface area contributed by atoms with Crippen molar-refractivity contribution in [3.05, 3.63) is 22.2 Å². The molecule has 0 bridgehead atoms. The summed E-state index contributed by atoms with van der Waals surface area (Å²) in [6.07, 6.45) is -4.45. The number of benzene rings is 1. The van der Waals surface area contributed by atoms with Crippen molar-refractivity contribution in [3.8, 4) is 0 Å². The Morgan fingerprint density at radius 2 is 2.00 bits per heavy atom. The van der Waals surface area contributed by atoms with Crippen LogP contribution in [-0.2, 0) is 15.7 Å². The fourth-order valence-corrected chi connectivity index (χ4v) is 2.72. The number of rotatable bonds is 3. The summed E-state index contributed by atoms with van der Waals surface area (Å²) < 4.78 is 45.4. The Kier molecular flexibility index (Phi) is 5.33. The zero-order chi connectivity index (χ0) is 16.3. The summed E-state index contributed by atoms with van der Waals surface area (Å²) in [4.78, 5) is 13.3. The van der Waals surface area contributed by atoms with E-state index in [0.717, 1.165) is 6.07 Å². The maximum Gasteiger partial charge on any atom is 0.418 e. The third-order valence-corrected chi connectivity index (χ3v) is 3.97. The Labute approximate surface area is 134 Å². The van der Waals surface area contributed by atoms with E-state index in [-0.39, 0.29) is 16.6 Å². The summed E-state index contributed by atoms with van der Waals surface area (Å²) in [7, 11) is 0. The highest BCUT2D eigenvalue weighted by molar-refractivity contribution is 9.10. The van der Waals surface area contributed by atoms with E-state index < -0.39 is 17.6 Å². The van der Waals surface area contributed by atoms with Crippen LogP contribution in [0.1, 0.15) is 18.9 Å². The summed E-state index contributed by atoms with van der Waals surface area (Å²) in [5, 5.41) is 2.32. The van der Waals surface area contributed by atoms with Crippen LogP contribution in [0.25, 0.3) is 0 Å². The highest BCUT2D eigenvalue weighted by Gasteiger charge is 2.36. The molecule has 1 N–H and O–H groups in total. The van der Waals surface area contributed by atoms with Crippen molar-refractivity contribution >= 4 is 33.2 Å². The van der Waals surface area contributed by atoms with E-state index in [2.05, 4.69) is 21.2 Å². The van der Waals surface area contributed by atoms with Gasteiger partial charge in [-0.15, -0.1) is 0 Å². The van der Waals surface area contributed by atoms with Crippen LogP contribution >= 0.6 is 15.9 Å². The van der Waals surface area contributed by atoms with Crippen molar-refractivity contribution in [2.45, 2.75) is 19.5 Å². The smallest absolute Gasteiger partial charge is 0.378 e. The van der Waals surface area contributed by atoms with E-state index in [4.69, 9.17) is 4.74 Å². The fourth-order valence-electron chi connectivity index (χ4n) is 2.17. The third kappa shape index (κ3) is 3.92. The van der Waals surface area contributed by atoms with E-state index in [1.807, 2.05) is 4.90 Å². The van der Waals surface area contributed by atoms with Crippen molar-refractivity contribution in [2.75, 3.05) is 36.5 Å². The molecular formula is C14H16BrF3N2O2. The Hall–Kier alpha value is -1.28. The largest absolute Gasteiger partial charge is 0.418 e. The van der Waals surface area contributed by atoms with Gasteiger partial charge in [-0.3, -0.25) is 4.79 Å². The van der Waals surface area contributed by atoms with Gasteiger partial charge < -0.3 is 15.0 Å². The molecule has 1 aromatic carbocycles. The summed E-state index contributed by atoms with van der Waals surface area (Å²) in [6, 6.07) is 2.66. The number of carbonyl (C=O) groups is 1. The molecule has 0 saturated carbocycles. The van der Waals surface area contributed by atoms with Gasteiger partial charge in [0.05, 0.1) is 24.5 Å². The second-order valence-electron chi connectivity index (χ2n) is 4.85. The molecule has 0 spiro atoms. The van der Waals surface area contributed by atoms with Crippen molar-refractivity contribution in [1.29, 1.82) is 0 Å². The quantitative estimate of drug-likeness (QED) is 0.869. The van der Waals surface area contributed by atoms with Crippen molar-refractivity contribution in [2.24, 2.45) is 0 Å². The molecular weight excluding hydrogens is 365 g/mol. The van der Waals surface area contributed by atoms with Crippen LogP contribution in [0.4, 0.5) is 24.5 Å². The molecule has 2 rings (SSSR count). The first-order valence-corrected chi connectivity index (χ1v) is 7.65. The molecule has 0 radical (unpaired) electrons. The number of carbonyl (C=O) groups excluding carboxylic acids is 1. The highest BCUT2D eigenvalue weighted by Crippen LogP contribution is 2.41. The first-order chi connectivity index (χ1) is 10.3. The maximum atomic E-state index is 13.3. The van der Waals surface area contributed by atoms with Crippen LogP contribution in [0.3, 0.4) is 0 Å². The van der Waals surface area contributed by atoms with E-state index in [1.165, 1.54) is 0 Å². The second-order valence-corrected chi connectivity index (χ2v) is 5.70. The molecule has 1 aromatic rings. The molecule has 122 valence electrons. The molecule has 8 heteroatoms. The number of ether oxygens (including phenoxy) is 1. The standard InChI is InChI=1S/C14H16BrF3N2O2/c1-2-12(21)19-13-10(14(16,17)18)7-9(8-11(13)15)20-3-5-22-6-4-20/h7-8H,2-6H2,1H3,(H,19,21). The van der Waals surface area contributed by atoms with Gasteiger partial charge in [-0.1, -0.05) is 6.92 Å². The summed E-state index contributed by atoms with van der Waals surface area (Å²) in [5.74, 6) is -0.467. The Morgan fingerprint density at radius 1 is 1.36 bits per heavy atom. The van der Waals surface area contributed by atoms with Gasteiger partial charge in [-0.2, -0.15) is 13.2 Å². The molecule has 1 saturated heterocycles. The van der Waals surface area contributed by atoms with Gasteiger partial charge in [0.1, 0.15) is 0 Å². The highest BCUT2D eigenvalue weighted by atomic mass is 79.9. The topological polar surface area (TPSA) is 41.6 Å². The molecule has 0 atom stereocenters. The number of alkyl halides is 3. The maximum absolute atomic E-state index is 13.3. The zero-order valence-electron chi connectivity index (χ0n) is 12.0. The first-order valence-electron chi connectivity index (χ1n) is 6.86. The number of halogens is 4. The number of nitrogens with one attached hydrogen (secondary N) is 1. The average molecular weight is 381 g/mol. The summed E-state index contributed by atoms with van der Waals surface area (Å²) in [5.41, 5.74) is -0.640. The van der Waals surface area contributed by atoms with Gasteiger partial charge in [0.2, 0.25) is 5.91 Å². The van der Waals surface area contributed by atoms with Crippen LogP contribution in [0.15, 0.2) is 16.6 Å². The Balaban J connectivity index is 2.44. The van der Waals surface area contributed by atoms with Crippen LogP contribution in [0.5, 0.6) is 0 Å². The van der Waals surface area contributed by atoms with Gasteiger partial charge in [-0.25, -0.2) is 0 Å². The molecule has 1 aliphatic heterocycles. The van der Waals surface area contributed by atoms with Crippen molar-refractivity contribution in [3.63, 3.8) is 0 Å². The Morgan fingerprint density at radius 3 is 2.55 bits per heavy atom. The Bertz CT molecular complexity index is 558. The number of hydrogen-bond donors (Lipinski definition) is 1. The van der Waals surface area contributed by atoms with Gasteiger partial charge in [0.25, 0.3) is 0 Å². The predicted molar refractivity (Wildman–Crippen MR) is 81.1 cm³/mol. The SMILES string of the molecule is CCC(=O)Nc1c(Br)cc(N2CCOCC2)cc1C(F)(F)F. The minimum absolute atomic E-state index is 0.106. The molecule has 1 heterocycles. The van der Waals surface area contributed by atoms with Gasteiger partial charge >= 0.3 is 6.18 Å². The van der Waals surface area contributed by atoms with E-state index >= 15 is 0 Å². The molecule has 0 aromatic heterocycles. The second kappa shape index (κ2) is 6.87. The summed E-state index contributed by atoms with van der Waals surface area (Å²) >= 11 is 3.14. The van der Waals surface area contributed by atoms with E-state index in [9.17, 15) is 18.0 Å². The molecule has 4 nitrogen and oxygen atoms in total. The van der Waals surface area contributed by atoms with Crippen molar-refractivity contribution < 1.29 is 22.7 Å². The number of hydrogen-bond acceptors (Lipinski definition) is 3. The molecule has 1 fully saturated rings. The summed E-state index contributed by atoms with van der Waals surface area (Å²) in [6.45, 7) is 3.61. The number of amides is 1. The molecule has 22 heavy (non-hydrogen) atoms. The van der Waals surface area contributed by atoms with Crippen LogP contribution in [0.2, 0.25) is 0 Å². The number of morpholine rings is 1. The average Bonchev–Trinajstić information content (AvgIpc) is 2.48. The molecule has 1 amide bonds. The van der Waals surface area contributed by atoms with Crippen molar-refractivity contribution in [1.82, 2.24) is 0 Å². The van der Waals surface area contributed by atoms with E-state index in [0.29, 0.717) is 32.0 Å². The molecule has 0 unspecified atom stereocenters. The van der Waals surface area contributed by atoms with Gasteiger partial charge in [0.15, 0.2) is 0 Å². The number of nitrogens with zero attached hydrogens (tertiary/aromatic N) is 1. The van der Waals surface area contributed by atoms with Gasteiger partial charge in [0, 0.05) is 29.7 Å². The lowest BCUT2D eigenvalue weighted by Gasteiger charge is -2.30. The minimum Gasteiger partial charge on any atom is -0.378 e. The zero-order valence-corrected chi connectivity index (χ0v) is 13.6.